The third-order valence-electron chi connectivity index (χ3n) is 3.76. The minimum atomic E-state index is -0.732. The molecule has 0 saturated carbocycles. The highest BCUT2D eigenvalue weighted by Gasteiger charge is 2.36. The third kappa shape index (κ3) is 3.19. The highest BCUT2D eigenvalue weighted by molar-refractivity contribution is 8.03. The van der Waals surface area contributed by atoms with Crippen molar-refractivity contribution in [1.82, 2.24) is 5.32 Å². The molecular weight excluding hydrogens is 326 g/mol. The third-order valence-corrected chi connectivity index (χ3v) is 4.66. The van der Waals surface area contributed by atoms with Gasteiger partial charge in [-0.2, -0.15) is 5.26 Å². The van der Waals surface area contributed by atoms with E-state index in [0.717, 1.165) is 5.75 Å². The Labute approximate surface area is 144 Å². The molecule has 6 nitrogen and oxygen atoms in total. The van der Waals surface area contributed by atoms with Gasteiger partial charge in [-0.05, 0) is 19.6 Å². The van der Waals surface area contributed by atoms with Gasteiger partial charge in [0, 0.05) is 22.9 Å². The maximum atomic E-state index is 12.2. The van der Waals surface area contributed by atoms with Crippen molar-refractivity contribution >= 4 is 23.2 Å². The molecule has 0 aliphatic carbocycles. The van der Waals surface area contributed by atoms with Gasteiger partial charge in [0.25, 0.3) is 5.69 Å². The molecule has 1 heterocycles. The van der Waals surface area contributed by atoms with Crippen LogP contribution >= 0.6 is 11.8 Å². The van der Waals surface area contributed by atoms with E-state index in [1.807, 2.05) is 6.92 Å². The number of hydrogen-bond donors (Lipinski definition) is 1. The number of hydrogen-bond acceptors (Lipinski definition) is 6. The van der Waals surface area contributed by atoms with Crippen molar-refractivity contribution in [3.63, 3.8) is 0 Å². The van der Waals surface area contributed by atoms with Crippen LogP contribution in [0.2, 0.25) is 0 Å². The Morgan fingerprint density at radius 3 is 2.67 bits per heavy atom. The molecule has 1 atom stereocenters. The van der Waals surface area contributed by atoms with Crippen molar-refractivity contribution in [2.45, 2.75) is 26.7 Å². The van der Waals surface area contributed by atoms with Crippen LogP contribution in [0.4, 0.5) is 5.69 Å². The maximum Gasteiger partial charge on any atom is 0.273 e. The largest absolute Gasteiger partial charge is 0.353 e. The number of thioether (sulfide) groups is 1. The summed E-state index contributed by atoms with van der Waals surface area (Å²) in [5.74, 6) is -0.208. The first-order chi connectivity index (χ1) is 11.4. The second kappa shape index (κ2) is 7.32. The van der Waals surface area contributed by atoms with Crippen LogP contribution in [-0.4, -0.2) is 16.5 Å². The monoisotopic (exact) mass is 343 g/mol. The molecule has 1 aromatic rings. The van der Waals surface area contributed by atoms with E-state index < -0.39 is 10.8 Å². The molecular formula is C17H17N3O3S. The predicted octanol–water partition coefficient (Wildman–Crippen LogP) is 3.63. The number of nitriles is 1. The lowest BCUT2D eigenvalue weighted by Crippen LogP contribution is -2.27. The average molecular weight is 343 g/mol. The fraction of sp³-hybridized carbons (Fsp3) is 0.294. The number of benzene rings is 1. The van der Waals surface area contributed by atoms with E-state index in [4.69, 9.17) is 0 Å². The van der Waals surface area contributed by atoms with Gasteiger partial charge in [0.2, 0.25) is 0 Å². The summed E-state index contributed by atoms with van der Waals surface area (Å²) in [7, 11) is 0. The maximum absolute atomic E-state index is 12.2. The zero-order valence-corrected chi connectivity index (χ0v) is 14.4. The Morgan fingerprint density at radius 1 is 1.46 bits per heavy atom. The van der Waals surface area contributed by atoms with E-state index in [1.165, 1.54) is 24.8 Å². The molecule has 7 heteroatoms. The Hall–Kier alpha value is -2.59. The van der Waals surface area contributed by atoms with Gasteiger partial charge in [-0.25, -0.2) is 0 Å². The van der Waals surface area contributed by atoms with Crippen LogP contribution in [-0.2, 0) is 4.79 Å². The van der Waals surface area contributed by atoms with E-state index in [1.54, 1.807) is 25.1 Å². The van der Waals surface area contributed by atoms with Crippen LogP contribution in [0.3, 0.4) is 0 Å². The van der Waals surface area contributed by atoms with Gasteiger partial charge in [-0.15, -0.1) is 11.8 Å². The summed E-state index contributed by atoms with van der Waals surface area (Å²) < 4.78 is 0. The average Bonchev–Trinajstić information content (AvgIpc) is 2.54. The normalized spacial score (nSPS) is 17.3. The van der Waals surface area contributed by atoms with Crippen LogP contribution < -0.4 is 5.32 Å². The molecule has 1 aliphatic heterocycles. The molecule has 0 bridgehead atoms. The summed E-state index contributed by atoms with van der Waals surface area (Å²) in [6.07, 6.45) is 0. The molecule has 1 N–H and O–H groups in total. The quantitative estimate of drug-likeness (QED) is 0.648. The smallest absolute Gasteiger partial charge is 0.273 e. The number of rotatable bonds is 5. The molecule has 0 spiro atoms. The van der Waals surface area contributed by atoms with Crippen molar-refractivity contribution in [2.75, 3.05) is 5.75 Å². The highest BCUT2D eigenvalue weighted by Crippen LogP contribution is 2.43. The number of nitro groups is 1. The first-order valence-electron chi connectivity index (χ1n) is 7.41. The summed E-state index contributed by atoms with van der Waals surface area (Å²) >= 11 is 1.45. The molecule has 1 aliphatic rings. The second-order valence-corrected chi connectivity index (χ2v) is 6.53. The van der Waals surface area contributed by atoms with Gasteiger partial charge in [-0.3, -0.25) is 14.9 Å². The van der Waals surface area contributed by atoms with Crippen molar-refractivity contribution in [2.24, 2.45) is 0 Å². The van der Waals surface area contributed by atoms with Crippen LogP contribution in [0.5, 0.6) is 0 Å². The number of nitrogens with zero attached hydrogens (tertiary/aromatic N) is 2. The lowest BCUT2D eigenvalue weighted by molar-refractivity contribution is -0.385. The number of allylic oxidation sites excluding steroid dienone is 3. The zero-order valence-electron chi connectivity index (χ0n) is 13.6. The first kappa shape index (κ1) is 17.8. The Balaban J connectivity index is 2.77. The van der Waals surface area contributed by atoms with Crippen molar-refractivity contribution < 1.29 is 9.72 Å². The number of carbonyl (C=O) groups is 1. The van der Waals surface area contributed by atoms with Gasteiger partial charge < -0.3 is 5.32 Å². The summed E-state index contributed by atoms with van der Waals surface area (Å²) in [4.78, 5) is 23.1. The van der Waals surface area contributed by atoms with Gasteiger partial charge >= 0.3 is 0 Å². The molecule has 2 rings (SSSR count). The Bertz CT molecular complexity index is 806. The molecule has 0 fully saturated rings. The Kier molecular flexibility index (Phi) is 5.42. The second-order valence-electron chi connectivity index (χ2n) is 5.26. The lowest BCUT2D eigenvalue weighted by atomic mass is 9.80. The molecule has 0 radical (unpaired) electrons. The summed E-state index contributed by atoms with van der Waals surface area (Å²) in [6.45, 7) is 5.12. The number of para-hydroxylation sites is 1. The number of carbonyl (C=O) groups excluding carboxylic acids is 1. The topological polar surface area (TPSA) is 96.0 Å². The highest BCUT2D eigenvalue weighted by atomic mass is 32.2. The molecule has 24 heavy (non-hydrogen) atoms. The van der Waals surface area contributed by atoms with Gasteiger partial charge in [-0.1, -0.05) is 25.1 Å². The number of nitro benzene ring substituents is 1. The standard InChI is InChI=1S/C17H17N3O3S/c1-4-24-17-13(9-18)16(15(11(3)21)10(2)19-17)12-7-5-6-8-14(12)20(22)23/h5-8,16,19H,4H2,1-3H3/t16-/m0/s1. The van der Waals surface area contributed by atoms with Gasteiger partial charge in [0.1, 0.15) is 0 Å². The number of dihydropyridines is 1. The predicted molar refractivity (Wildman–Crippen MR) is 93.1 cm³/mol. The summed E-state index contributed by atoms with van der Waals surface area (Å²) in [5, 5.41) is 24.8. The summed E-state index contributed by atoms with van der Waals surface area (Å²) in [6, 6.07) is 8.40. The number of nitrogens with one attached hydrogen (secondary N) is 1. The van der Waals surface area contributed by atoms with E-state index >= 15 is 0 Å². The molecule has 1 aromatic carbocycles. The van der Waals surface area contributed by atoms with E-state index in [2.05, 4.69) is 11.4 Å². The van der Waals surface area contributed by atoms with Crippen LogP contribution in [0.25, 0.3) is 0 Å². The number of ketones is 1. The molecule has 0 unspecified atom stereocenters. The SMILES string of the molecule is CCSC1=C(C#N)[C@H](c2ccccc2[N+](=O)[O-])C(C(C)=O)=C(C)N1. The minimum Gasteiger partial charge on any atom is -0.353 e. The van der Waals surface area contributed by atoms with Gasteiger partial charge in [0.05, 0.1) is 27.5 Å². The Morgan fingerprint density at radius 2 is 2.12 bits per heavy atom. The summed E-state index contributed by atoms with van der Waals surface area (Å²) in [5.41, 5.74) is 1.62. The molecule has 0 amide bonds. The number of Topliss-reactive ketones (excluding diaryl/α,β-unsaturated/α-hetero) is 1. The van der Waals surface area contributed by atoms with Crippen molar-refractivity contribution in [1.29, 1.82) is 5.26 Å². The fourth-order valence-corrected chi connectivity index (χ4v) is 3.68. The van der Waals surface area contributed by atoms with Gasteiger partial charge in [0.15, 0.2) is 5.78 Å². The van der Waals surface area contributed by atoms with E-state index in [9.17, 15) is 20.2 Å². The van der Waals surface area contributed by atoms with Crippen LogP contribution in [0.15, 0.2) is 46.1 Å². The van der Waals surface area contributed by atoms with Crippen LogP contribution in [0, 0.1) is 21.4 Å². The van der Waals surface area contributed by atoms with Crippen molar-refractivity contribution in [3.05, 3.63) is 61.8 Å². The lowest BCUT2D eigenvalue weighted by Gasteiger charge is -2.29. The zero-order chi connectivity index (χ0) is 17.9. The van der Waals surface area contributed by atoms with Crippen molar-refractivity contribution in [3.8, 4) is 6.07 Å². The molecule has 124 valence electrons. The fourth-order valence-electron chi connectivity index (χ4n) is 2.85. The van der Waals surface area contributed by atoms with E-state index in [0.29, 0.717) is 27.4 Å². The minimum absolute atomic E-state index is 0.0930. The van der Waals surface area contributed by atoms with E-state index in [-0.39, 0.29) is 11.5 Å². The van der Waals surface area contributed by atoms with Crippen LogP contribution in [0.1, 0.15) is 32.3 Å². The molecule has 0 aromatic heterocycles. The first-order valence-corrected chi connectivity index (χ1v) is 8.40. The molecule has 0 saturated heterocycles.